The minimum atomic E-state index is -0.544. The Hall–Kier alpha value is -3.36. The maximum Gasteiger partial charge on any atom is 0.306 e. The summed E-state index contributed by atoms with van der Waals surface area (Å²) in [5, 5.41) is 3.58. The van der Waals surface area contributed by atoms with E-state index in [2.05, 4.69) is 52.8 Å². The van der Waals surface area contributed by atoms with E-state index in [-0.39, 0.29) is 38.4 Å². The molecular formula is C51H80O8. The summed E-state index contributed by atoms with van der Waals surface area (Å²) >= 11 is 0. The molecule has 8 nitrogen and oxygen atoms in total. The highest BCUT2D eigenvalue weighted by molar-refractivity contribution is 6.11. The Morgan fingerprint density at radius 2 is 0.847 bits per heavy atom. The van der Waals surface area contributed by atoms with Gasteiger partial charge < -0.3 is 28.4 Å². The first-order chi connectivity index (χ1) is 28.9. The summed E-state index contributed by atoms with van der Waals surface area (Å²) in [5.74, 6) is 1.01. The van der Waals surface area contributed by atoms with Crippen LogP contribution >= 0.6 is 0 Å². The number of benzene rings is 3. The van der Waals surface area contributed by atoms with Crippen molar-refractivity contribution in [3.8, 4) is 11.5 Å². The van der Waals surface area contributed by atoms with Crippen LogP contribution in [-0.2, 0) is 28.5 Å². The smallest absolute Gasteiger partial charge is 0.306 e. The van der Waals surface area contributed by atoms with Gasteiger partial charge in [0.25, 0.3) is 0 Å². The van der Waals surface area contributed by atoms with E-state index >= 15 is 0 Å². The zero-order chi connectivity index (χ0) is 42.3. The van der Waals surface area contributed by atoms with E-state index < -0.39 is 12.2 Å². The second-order valence-corrected chi connectivity index (χ2v) is 16.4. The summed E-state index contributed by atoms with van der Waals surface area (Å²) in [6.07, 6.45) is 21.9. The number of rotatable bonds is 36. The first-order valence-electron chi connectivity index (χ1n) is 23.7. The number of carbonyl (C=O) groups excluding carboxylic acids is 2. The van der Waals surface area contributed by atoms with Crippen LogP contribution < -0.4 is 9.47 Å². The Kier molecular flexibility index (Phi) is 26.7. The van der Waals surface area contributed by atoms with Gasteiger partial charge in [0.2, 0.25) is 0 Å². The van der Waals surface area contributed by atoms with Gasteiger partial charge in [-0.25, -0.2) is 0 Å². The van der Waals surface area contributed by atoms with Gasteiger partial charge in [0.05, 0.1) is 13.2 Å². The van der Waals surface area contributed by atoms with Gasteiger partial charge in [-0.05, 0) is 38.7 Å². The van der Waals surface area contributed by atoms with Crippen molar-refractivity contribution < 1.29 is 38.0 Å². The molecule has 8 heteroatoms. The fraction of sp³-hybridized carbons (Fsp3) is 0.686. The maximum absolute atomic E-state index is 13.0. The lowest BCUT2D eigenvalue weighted by Crippen LogP contribution is -2.30. The summed E-state index contributed by atoms with van der Waals surface area (Å²) in [6.45, 7) is 13.0. The summed E-state index contributed by atoms with van der Waals surface area (Å²) < 4.78 is 37.6. The van der Waals surface area contributed by atoms with Crippen LogP contribution in [0.25, 0.3) is 21.5 Å². The normalized spacial score (nSPS) is 12.5. The Morgan fingerprint density at radius 1 is 0.458 bits per heavy atom. The van der Waals surface area contributed by atoms with Gasteiger partial charge in [-0.15, -0.1) is 0 Å². The molecule has 3 aromatic carbocycles. The molecule has 0 aliphatic carbocycles. The molecule has 2 atom stereocenters. The SMILES string of the molecule is CCCCCCCOCC(COc1c2ccccc2c(OCC(COCCCCCCC)OC(=O)CCCCCCC)c2cc(C)ccc12)OC(=O)CCCCCCC. The maximum atomic E-state index is 13.0. The number of esters is 2. The molecule has 0 saturated heterocycles. The molecule has 0 aromatic heterocycles. The van der Waals surface area contributed by atoms with E-state index in [1.54, 1.807) is 0 Å². The van der Waals surface area contributed by atoms with Crippen molar-refractivity contribution in [2.24, 2.45) is 0 Å². The largest absolute Gasteiger partial charge is 0.488 e. The molecule has 0 saturated carbocycles. The number of fused-ring (bicyclic) bond motifs is 2. The monoisotopic (exact) mass is 821 g/mol. The molecule has 3 rings (SSSR count). The Bertz CT molecular complexity index is 1570. The van der Waals surface area contributed by atoms with Crippen molar-refractivity contribution in [2.75, 3.05) is 39.6 Å². The van der Waals surface area contributed by atoms with Gasteiger partial charge >= 0.3 is 11.9 Å². The van der Waals surface area contributed by atoms with Gasteiger partial charge in [-0.3, -0.25) is 9.59 Å². The highest BCUT2D eigenvalue weighted by Crippen LogP contribution is 2.43. The standard InChI is InChI=1S/C51H80O8/c1-6-10-14-18-22-30-48(52)58-42(37-54-34-26-20-16-12-8-3)39-56-50-44-28-24-25-29-45(44)51(47-36-41(5)32-33-46(47)50)57-40-43(38-55-35-27-21-17-13-9-4)59-49(53)31-23-19-15-11-7-2/h24-25,28-29,32-33,36,42-43H,6-23,26-27,30-31,34-35,37-40H2,1-5H3. The van der Waals surface area contributed by atoms with Gasteiger partial charge in [0.1, 0.15) is 24.7 Å². The van der Waals surface area contributed by atoms with Crippen LogP contribution in [-0.4, -0.2) is 63.8 Å². The fourth-order valence-electron chi connectivity index (χ4n) is 7.39. The average molecular weight is 821 g/mol. The molecule has 0 fully saturated rings. The molecule has 0 radical (unpaired) electrons. The van der Waals surface area contributed by atoms with Crippen molar-refractivity contribution in [1.29, 1.82) is 0 Å². The third kappa shape index (κ3) is 20.2. The number of aryl methyl sites for hydroxylation is 1. The van der Waals surface area contributed by atoms with Crippen LogP contribution in [0.3, 0.4) is 0 Å². The summed E-state index contributed by atoms with van der Waals surface area (Å²) in [6, 6.07) is 14.3. The van der Waals surface area contributed by atoms with Gasteiger partial charge in [0, 0.05) is 47.6 Å². The van der Waals surface area contributed by atoms with E-state index in [0.717, 1.165) is 91.3 Å². The quantitative estimate of drug-likeness (QED) is 0.0325. The number of unbranched alkanes of at least 4 members (excludes halogenated alkanes) is 16. The molecule has 3 aromatic rings. The van der Waals surface area contributed by atoms with Crippen molar-refractivity contribution in [2.45, 2.75) is 188 Å². The van der Waals surface area contributed by atoms with E-state index in [4.69, 9.17) is 28.4 Å². The molecule has 59 heavy (non-hydrogen) atoms. The number of ether oxygens (including phenoxy) is 6. The summed E-state index contributed by atoms with van der Waals surface area (Å²) in [7, 11) is 0. The van der Waals surface area contributed by atoms with Crippen LogP contribution in [0.15, 0.2) is 42.5 Å². The molecule has 0 N–H and O–H groups in total. The summed E-state index contributed by atoms with van der Waals surface area (Å²) in [4.78, 5) is 26.1. The third-order valence-corrected chi connectivity index (χ3v) is 10.9. The van der Waals surface area contributed by atoms with Gasteiger partial charge in [0.15, 0.2) is 12.2 Å². The second kappa shape index (κ2) is 31.5. The lowest BCUT2D eigenvalue weighted by molar-refractivity contribution is -0.155. The van der Waals surface area contributed by atoms with Gasteiger partial charge in [-0.2, -0.15) is 0 Å². The molecular weight excluding hydrogens is 741 g/mol. The van der Waals surface area contributed by atoms with Crippen LogP contribution in [0.1, 0.15) is 175 Å². The van der Waals surface area contributed by atoms with Crippen molar-refractivity contribution in [3.05, 3.63) is 48.0 Å². The number of hydrogen-bond donors (Lipinski definition) is 0. The fourth-order valence-corrected chi connectivity index (χ4v) is 7.39. The van der Waals surface area contributed by atoms with E-state index in [1.807, 2.05) is 24.3 Å². The minimum absolute atomic E-state index is 0.164. The predicted molar refractivity (Wildman–Crippen MR) is 243 cm³/mol. The summed E-state index contributed by atoms with van der Waals surface area (Å²) in [5.41, 5.74) is 1.08. The highest BCUT2D eigenvalue weighted by Gasteiger charge is 2.23. The van der Waals surface area contributed by atoms with E-state index in [9.17, 15) is 9.59 Å². The minimum Gasteiger partial charge on any atom is -0.488 e. The Morgan fingerprint density at radius 3 is 1.29 bits per heavy atom. The zero-order valence-electron chi connectivity index (χ0n) is 37.8. The first-order valence-corrected chi connectivity index (χ1v) is 23.7. The lowest BCUT2D eigenvalue weighted by atomic mass is 9.99. The van der Waals surface area contributed by atoms with E-state index in [1.165, 1.54) is 64.2 Å². The predicted octanol–water partition coefficient (Wildman–Crippen LogP) is 13.6. The Labute approximate surface area is 357 Å². The molecule has 0 aliphatic rings. The topological polar surface area (TPSA) is 89.5 Å². The average Bonchev–Trinajstić information content (AvgIpc) is 3.23. The molecule has 0 heterocycles. The highest BCUT2D eigenvalue weighted by atomic mass is 16.6. The Balaban J connectivity index is 1.82. The molecule has 0 spiro atoms. The van der Waals surface area contributed by atoms with Crippen LogP contribution in [0.4, 0.5) is 0 Å². The lowest BCUT2D eigenvalue weighted by Gasteiger charge is -2.23. The number of carbonyl (C=O) groups is 2. The van der Waals surface area contributed by atoms with Crippen LogP contribution in [0.5, 0.6) is 11.5 Å². The van der Waals surface area contributed by atoms with Gasteiger partial charge in [-0.1, -0.05) is 172 Å². The third-order valence-electron chi connectivity index (χ3n) is 10.9. The van der Waals surface area contributed by atoms with E-state index in [0.29, 0.717) is 37.6 Å². The molecule has 0 aliphatic heterocycles. The molecule has 0 bridgehead atoms. The van der Waals surface area contributed by atoms with Crippen LogP contribution in [0, 0.1) is 6.92 Å². The second-order valence-electron chi connectivity index (χ2n) is 16.4. The van der Waals surface area contributed by atoms with Crippen molar-refractivity contribution in [3.63, 3.8) is 0 Å². The zero-order valence-corrected chi connectivity index (χ0v) is 37.8. The number of hydrogen-bond acceptors (Lipinski definition) is 8. The molecule has 2 unspecified atom stereocenters. The molecule has 332 valence electrons. The van der Waals surface area contributed by atoms with Crippen molar-refractivity contribution in [1.82, 2.24) is 0 Å². The van der Waals surface area contributed by atoms with Crippen molar-refractivity contribution >= 4 is 33.5 Å². The molecule has 0 amide bonds. The first kappa shape index (κ1) is 50.0. The van der Waals surface area contributed by atoms with Crippen LogP contribution in [0.2, 0.25) is 0 Å².